The van der Waals surface area contributed by atoms with E-state index in [2.05, 4.69) is 9.82 Å². The van der Waals surface area contributed by atoms with Crippen molar-refractivity contribution in [2.45, 2.75) is 31.8 Å². The number of rotatable bonds is 5. The van der Waals surface area contributed by atoms with Crippen LogP contribution in [0.5, 0.6) is 0 Å². The largest absolute Gasteiger partial charge is 0.280 e. The number of aromatic nitrogens is 2. The monoisotopic (exact) mass is 334 g/mol. The number of piperidine rings is 1. The number of hydrogen-bond donors (Lipinski definition) is 1. The fraction of sp³-hybridized carbons (Fsp3) is 0.438. The first kappa shape index (κ1) is 16.2. The lowest BCUT2D eigenvalue weighted by molar-refractivity contribution is 0.247. The Labute approximate surface area is 137 Å². The van der Waals surface area contributed by atoms with Crippen molar-refractivity contribution in [1.82, 2.24) is 18.8 Å². The summed E-state index contributed by atoms with van der Waals surface area (Å²) in [5.74, 6) is 0. The van der Waals surface area contributed by atoms with Gasteiger partial charge in [-0.15, -0.1) is 0 Å². The predicted molar refractivity (Wildman–Crippen MR) is 88.7 cm³/mol. The molecule has 23 heavy (non-hydrogen) atoms. The van der Waals surface area contributed by atoms with Crippen LogP contribution in [-0.2, 0) is 23.8 Å². The number of aryl methyl sites for hydroxylation is 1. The van der Waals surface area contributed by atoms with E-state index in [-0.39, 0.29) is 6.04 Å². The first-order valence-corrected chi connectivity index (χ1v) is 9.30. The molecule has 0 spiro atoms. The van der Waals surface area contributed by atoms with Gasteiger partial charge in [0.05, 0.1) is 11.7 Å². The van der Waals surface area contributed by atoms with Gasteiger partial charge in [-0.25, -0.2) is 0 Å². The lowest BCUT2D eigenvalue weighted by Gasteiger charge is -2.33. The molecule has 0 radical (unpaired) electrons. The summed E-state index contributed by atoms with van der Waals surface area (Å²) >= 11 is 0. The Morgan fingerprint density at radius 3 is 2.70 bits per heavy atom. The highest BCUT2D eigenvalue weighted by atomic mass is 32.2. The lowest BCUT2D eigenvalue weighted by Crippen LogP contribution is -2.45. The Morgan fingerprint density at radius 1 is 1.22 bits per heavy atom. The fourth-order valence-electron chi connectivity index (χ4n) is 2.95. The number of hydrogen-bond acceptors (Lipinski definition) is 3. The van der Waals surface area contributed by atoms with E-state index in [1.165, 1.54) is 0 Å². The van der Waals surface area contributed by atoms with E-state index in [4.69, 9.17) is 0 Å². The van der Waals surface area contributed by atoms with E-state index in [0.29, 0.717) is 13.1 Å². The normalized spacial score (nSPS) is 19.8. The molecule has 1 saturated heterocycles. The third-order valence-corrected chi connectivity index (χ3v) is 5.70. The van der Waals surface area contributed by atoms with E-state index in [1.54, 1.807) is 8.99 Å². The van der Waals surface area contributed by atoms with Gasteiger partial charge in [0.1, 0.15) is 0 Å². The maximum atomic E-state index is 12.7. The first-order valence-electron chi connectivity index (χ1n) is 7.86. The van der Waals surface area contributed by atoms with Gasteiger partial charge < -0.3 is 0 Å². The topological polar surface area (TPSA) is 67.2 Å². The van der Waals surface area contributed by atoms with Gasteiger partial charge in [-0.2, -0.15) is 22.5 Å². The molecule has 1 aromatic heterocycles. The average molecular weight is 334 g/mol. The van der Waals surface area contributed by atoms with Crippen LogP contribution < -0.4 is 4.72 Å². The zero-order valence-electron chi connectivity index (χ0n) is 13.2. The van der Waals surface area contributed by atoms with E-state index >= 15 is 0 Å². The van der Waals surface area contributed by atoms with E-state index in [1.807, 2.05) is 49.6 Å². The van der Waals surface area contributed by atoms with E-state index < -0.39 is 10.2 Å². The molecule has 0 bridgehead atoms. The summed E-state index contributed by atoms with van der Waals surface area (Å²) in [5.41, 5.74) is 1.76. The quantitative estimate of drug-likeness (QED) is 0.909. The number of benzene rings is 1. The summed E-state index contributed by atoms with van der Waals surface area (Å²) < 4.78 is 31.4. The van der Waals surface area contributed by atoms with Crippen molar-refractivity contribution >= 4 is 10.2 Å². The van der Waals surface area contributed by atoms with Crippen molar-refractivity contribution in [3.8, 4) is 0 Å². The van der Waals surface area contributed by atoms with Crippen LogP contribution in [0.4, 0.5) is 0 Å². The van der Waals surface area contributed by atoms with Gasteiger partial charge in [0.25, 0.3) is 10.2 Å². The third-order valence-electron chi connectivity index (χ3n) is 4.14. The van der Waals surface area contributed by atoms with E-state index in [9.17, 15) is 8.42 Å². The standard InChI is InChI=1S/C16H22N4O2S/c1-19-12-10-15(18-19)16-9-5-6-11-20(16)23(21,22)17-13-14-7-3-2-4-8-14/h2-4,7-8,10,12,16-17H,5-6,9,11,13H2,1H3. The zero-order chi connectivity index (χ0) is 16.3. The predicted octanol–water partition coefficient (Wildman–Crippen LogP) is 1.98. The highest BCUT2D eigenvalue weighted by molar-refractivity contribution is 7.87. The van der Waals surface area contributed by atoms with Crippen molar-refractivity contribution in [2.75, 3.05) is 6.54 Å². The van der Waals surface area contributed by atoms with Crippen molar-refractivity contribution in [3.63, 3.8) is 0 Å². The van der Waals surface area contributed by atoms with Gasteiger partial charge in [-0.05, 0) is 24.5 Å². The summed E-state index contributed by atoms with van der Waals surface area (Å²) in [5, 5.41) is 4.40. The minimum atomic E-state index is -3.54. The van der Waals surface area contributed by atoms with Gasteiger partial charge in [0.15, 0.2) is 0 Å². The molecule has 2 heterocycles. The molecule has 0 aliphatic carbocycles. The van der Waals surface area contributed by atoms with Gasteiger partial charge >= 0.3 is 0 Å². The second kappa shape index (κ2) is 6.82. The second-order valence-corrected chi connectivity index (χ2v) is 7.56. The Balaban J connectivity index is 1.76. The summed E-state index contributed by atoms with van der Waals surface area (Å²) in [6, 6.07) is 11.3. The maximum Gasteiger partial charge on any atom is 0.280 e. The Hall–Kier alpha value is -1.70. The smallest absolute Gasteiger partial charge is 0.275 e. The number of nitrogens with zero attached hydrogens (tertiary/aromatic N) is 3. The summed E-state index contributed by atoms with van der Waals surface area (Å²) in [6.45, 7) is 0.833. The Kier molecular flexibility index (Phi) is 4.79. The van der Waals surface area contributed by atoms with Crippen LogP contribution in [-0.4, -0.2) is 29.0 Å². The molecule has 6 nitrogen and oxygen atoms in total. The molecule has 3 rings (SSSR count). The van der Waals surface area contributed by atoms with Crippen LogP contribution in [0, 0.1) is 0 Å². The average Bonchev–Trinajstić information content (AvgIpc) is 3.00. The molecule has 7 heteroatoms. The fourth-order valence-corrected chi connectivity index (χ4v) is 4.39. The molecule has 1 fully saturated rings. The molecule has 1 atom stereocenters. The minimum absolute atomic E-state index is 0.182. The van der Waals surface area contributed by atoms with Gasteiger partial charge in [-0.3, -0.25) is 4.68 Å². The SMILES string of the molecule is Cn1ccc(C2CCCCN2S(=O)(=O)NCc2ccccc2)n1. The highest BCUT2D eigenvalue weighted by Crippen LogP contribution is 2.31. The van der Waals surface area contributed by atoms with Crippen molar-refractivity contribution < 1.29 is 8.42 Å². The van der Waals surface area contributed by atoms with Crippen LogP contribution in [0.15, 0.2) is 42.6 Å². The highest BCUT2D eigenvalue weighted by Gasteiger charge is 2.34. The van der Waals surface area contributed by atoms with Gasteiger partial charge in [0, 0.05) is 26.3 Å². The van der Waals surface area contributed by atoms with Crippen molar-refractivity contribution in [1.29, 1.82) is 0 Å². The van der Waals surface area contributed by atoms with Crippen LogP contribution in [0.2, 0.25) is 0 Å². The molecular weight excluding hydrogens is 312 g/mol. The zero-order valence-corrected chi connectivity index (χ0v) is 14.0. The van der Waals surface area contributed by atoms with E-state index in [0.717, 1.165) is 30.5 Å². The molecule has 0 amide bonds. The number of nitrogens with one attached hydrogen (secondary N) is 1. The Morgan fingerprint density at radius 2 is 2.00 bits per heavy atom. The second-order valence-electron chi connectivity index (χ2n) is 5.85. The van der Waals surface area contributed by atoms with Crippen LogP contribution >= 0.6 is 0 Å². The minimum Gasteiger partial charge on any atom is -0.275 e. The van der Waals surface area contributed by atoms with Crippen molar-refractivity contribution in [2.24, 2.45) is 7.05 Å². The summed E-state index contributed by atoms with van der Waals surface area (Å²) in [6.07, 6.45) is 4.57. The molecule has 1 aliphatic rings. The first-order chi connectivity index (χ1) is 11.1. The summed E-state index contributed by atoms with van der Waals surface area (Å²) in [7, 11) is -1.69. The Bertz CT molecular complexity index is 742. The van der Waals surface area contributed by atoms with Crippen molar-refractivity contribution in [3.05, 3.63) is 53.9 Å². The summed E-state index contributed by atoms with van der Waals surface area (Å²) in [4.78, 5) is 0. The molecule has 2 aromatic rings. The molecule has 0 saturated carbocycles. The third kappa shape index (κ3) is 3.80. The van der Waals surface area contributed by atoms with Gasteiger partial charge in [0.2, 0.25) is 0 Å². The van der Waals surface area contributed by atoms with Crippen LogP contribution in [0.25, 0.3) is 0 Å². The lowest BCUT2D eigenvalue weighted by atomic mass is 10.0. The molecule has 1 N–H and O–H groups in total. The molecule has 1 aliphatic heterocycles. The van der Waals surface area contributed by atoms with Gasteiger partial charge in [-0.1, -0.05) is 36.8 Å². The molecule has 124 valence electrons. The van der Waals surface area contributed by atoms with Crippen LogP contribution in [0.3, 0.4) is 0 Å². The molecule has 1 aromatic carbocycles. The maximum absolute atomic E-state index is 12.7. The van der Waals surface area contributed by atoms with Crippen LogP contribution in [0.1, 0.15) is 36.6 Å². The molecular formula is C16H22N4O2S. The molecule has 1 unspecified atom stereocenters.